The number of pyridine rings is 1. The fraction of sp³-hybridized carbons (Fsp3) is 0.417. The van der Waals surface area contributed by atoms with Crippen LogP contribution in [0.15, 0.2) is 47.5 Å². The summed E-state index contributed by atoms with van der Waals surface area (Å²) >= 11 is 1.72. The van der Waals surface area contributed by atoms with E-state index in [9.17, 15) is 9.90 Å². The largest absolute Gasteiger partial charge is 0.487 e. The maximum Gasteiger partial charge on any atom is 0.237 e. The van der Waals surface area contributed by atoms with Crippen molar-refractivity contribution in [1.29, 1.82) is 0 Å². The molecule has 6 nitrogen and oxygen atoms in total. The van der Waals surface area contributed by atoms with E-state index in [4.69, 9.17) is 10.5 Å². The molecule has 1 amide bonds. The Kier molecular flexibility index (Phi) is 6.67. The molecule has 0 unspecified atom stereocenters. The van der Waals surface area contributed by atoms with Gasteiger partial charge in [0.15, 0.2) is 0 Å². The quantitative estimate of drug-likeness (QED) is 0.509. The number of carbonyl (C=O) groups is 1. The first-order valence-electron chi connectivity index (χ1n) is 10.3. The highest BCUT2D eigenvalue weighted by atomic mass is 32.2. The van der Waals surface area contributed by atoms with Gasteiger partial charge in [0.05, 0.1) is 16.8 Å². The van der Waals surface area contributed by atoms with Crippen LogP contribution >= 0.6 is 11.8 Å². The first kappa shape index (κ1) is 23.2. The van der Waals surface area contributed by atoms with Gasteiger partial charge in [-0.2, -0.15) is 0 Å². The summed E-state index contributed by atoms with van der Waals surface area (Å²) in [7, 11) is 0. The SMILES string of the molecule is CC(C)(O)Cc1c(SC(C)(C)C)c2cc(OCc3ccccn3)ccc2n1CC(N)=O. The van der Waals surface area contributed by atoms with E-state index in [-0.39, 0.29) is 11.3 Å². The Hall–Kier alpha value is -2.51. The summed E-state index contributed by atoms with van der Waals surface area (Å²) in [5, 5.41) is 11.6. The number of carbonyl (C=O) groups excluding carboxylic acids is 1. The highest BCUT2D eigenvalue weighted by molar-refractivity contribution is 8.00. The average molecular weight is 442 g/mol. The minimum absolute atomic E-state index is 0.0563. The predicted molar refractivity (Wildman–Crippen MR) is 125 cm³/mol. The molecule has 0 bridgehead atoms. The Morgan fingerprint density at radius 3 is 2.52 bits per heavy atom. The van der Waals surface area contributed by atoms with Gasteiger partial charge < -0.3 is 20.1 Å². The van der Waals surface area contributed by atoms with Crippen LogP contribution in [-0.4, -0.2) is 30.9 Å². The average Bonchev–Trinajstić information content (AvgIpc) is 2.90. The zero-order valence-corrected chi connectivity index (χ0v) is 19.6. The van der Waals surface area contributed by atoms with E-state index < -0.39 is 11.5 Å². The van der Waals surface area contributed by atoms with Crippen LogP contribution in [0.3, 0.4) is 0 Å². The Balaban J connectivity index is 2.11. The molecule has 0 fully saturated rings. The lowest BCUT2D eigenvalue weighted by Crippen LogP contribution is -2.27. The van der Waals surface area contributed by atoms with Gasteiger partial charge in [-0.05, 0) is 44.2 Å². The van der Waals surface area contributed by atoms with Crippen molar-refractivity contribution in [2.24, 2.45) is 5.73 Å². The summed E-state index contributed by atoms with van der Waals surface area (Å²) in [4.78, 5) is 17.2. The van der Waals surface area contributed by atoms with E-state index in [0.29, 0.717) is 13.0 Å². The van der Waals surface area contributed by atoms with Gasteiger partial charge in [-0.1, -0.05) is 26.8 Å². The van der Waals surface area contributed by atoms with Crippen LogP contribution in [-0.2, 0) is 24.4 Å². The van der Waals surface area contributed by atoms with E-state index in [0.717, 1.165) is 32.9 Å². The Labute approximate surface area is 187 Å². The Bertz CT molecular complexity index is 1060. The van der Waals surface area contributed by atoms with Crippen LogP contribution in [0.1, 0.15) is 46.0 Å². The molecule has 31 heavy (non-hydrogen) atoms. The number of nitrogens with two attached hydrogens (primary N) is 1. The molecular weight excluding hydrogens is 410 g/mol. The number of rotatable bonds is 8. The van der Waals surface area contributed by atoms with Crippen LogP contribution in [0.2, 0.25) is 0 Å². The van der Waals surface area contributed by atoms with E-state index in [2.05, 4.69) is 25.8 Å². The van der Waals surface area contributed by atoms with Gasteiger partial charge in [0, 0.05) is 33.3 Å². The van der Waals surface area contributed by atoms with Crippen LogP contribution < -0.4 is 10.5 Å². The van der Waals surface area contributed by atoms with Crippen molar-refractivity contribution in [2.45, 2.75) is 69.4 Å². The molecule has 0 aliphatic heterocycles. The molecule has 0 saturated carbocycles. The van der Waals surface area contributed by atoms with Crippen LogP contribution in [0.25, 0.3) is 10.9 Å². The maximum atomic E-state index is 11.9. The van der Waals surface area contributed by atoms with Crippen LogP contribution in [0, 0.1) is 0 Å². The van der Waals surface area contributed by atoms with Crippen LogP contribution in [0.4, 0.5) is 0 Å². The van der Waals surface area contributed by atoms with Crippen molar-refractivity contribution >= 4 is 28.6 Å². The van der Waals surface area contributed by atoms with Crippen molar-refractivity contribution in [3.8, 4) is 5.75 Å². The van der Waals surface area contributed by atoms with Gasteiger partial charge in [0.25, 0.3) is 0 Å². The first-order chi connectivity index (χ1) is 14.4. The lowest BCUT2D eigenvalue weighted by molar-refractivity contribution is -0.118. The predicted octanol–water partition coefficient (Wildman–Crippen LogP) is 4.30. The lowest BCUT2D eigenvalue weighted by atomic mass is 10.0. The van der Waals surface area contributed by atoms with E-state index in [1.54, 1.807) is 31.8 Å². The summed E-state index contributed by atoms with van der Waals surface area (Å²) in [6, 6.07) is 11.6. The van der Waals surface area contributed by atoms with Crippen molar-refractivity contribution in [3.63, 3.8) is 0 Å². The number of aromatic nitrogens is 2. The first-order valence-corrected chi connectivity index (χ1v) is 11.1. The molecule has 3 N–H and O–H groups in total. The molecule has 3 aromatic rings. The van der Waals surface area contributed by atoms with Gasteiger partial charge in [-0.15, -0.1) is 11.8 Å². The van der Waals surface area contributed by atoms with Gasteiger partial charge in [0.2, 0.25) is 5.91 Å². The molecule has 0 saturated heterocycles. The third kappa shape index (κ3) is 6.24. The van der Waals surface area contributed by atoms with Gasteiger partial charge >= 0.3 is 0 Å². The number of amides is 1. The summed E-state index contributed by atoms with van der Waals surface area (Å²) < 4.78 is 7.85. The zero-order chi connectivity index (χ0) is 22.8. The standard InChI is InChI=1S/C24H31N3O3S/c1-23(2,3)31-22-18-12-17(30-15-16-8-6-7-11-26-16)9-10-19(18)27(14-21(25)28)20(22)13-24(4,5)29/h6-12,29H,13-15H2,1-5H3,(H2,25,28). The van der Waals surface area contributed by atoms with Crippen LogP contribution in [0.5, 0.6) is 5.75 Å². The highest BCUT2D eigenvalue weighted by Gasteiger charge is 2.27. The van der Waals surface area contributed by atoms with Gasteiger partial charge in [-0.25, -0.2) is 0 Å². The molecule has 1 aromatic carbocycles. The molecule has 0 spiro atoms. The zero-order valence-electron chi connectivity index (χ0n) is 18.8. The normalized spacial score (nSPS) is 12.3. The van der Waals surface area contributed by atoms with E-state index in [1.807, 2.05) is 41.0 Å². The summed E-state index contributed by atoms with van der Waals surface area (Å²) in [5.41, 5.74) is 7.28. The molecule has 7 heteroatoms. The number of primary amides is 1. The lowest BCUT2D eigenvalue weighted by Gasteiger charge is -2.23. The topological polar surface area (TPSA) is 90.4 Å². The fourth-order valence-electron chi connectivity index (χ4n) is 3.43. The number of fused-ring (bicyclic) bond motifs is 1. The minimum Gasteiger partial charge on any atom is -0.487 e. The summed E-state index contributed by atoms with van der Waals surface area (Å²) in [6.07, 6.45) is 2.14. The highest BCUT2D eigenvalue weighted by Crippen LogP contribution is 2.43. The molecule has 166 valence electrons. The number of hydrogen-bond donors (Lipinski definition) is 2. The van der Waals surface area contributed by atoms with Gasteiger partial charge in [-0.3, -0.25) is 9.78 Å². The molecule has 3 rings (SSSR count). The minimum atomic E-state index is -0.935. The second kappa shape index (κ2) is 8.93. The van der Waals surface area contributed by atoms with Crippen molar-refractivity contribution in [1.82, 2.24) is 9.55 Å². The Morgan fingerprint density at radius 1 is 1.19 bits per heavy atom. The number of aliphatic hydroxyl groups is 1. The number of thioether (sulfide) groups is 1. The van der Waals surface area contributed by atoms with E-state index in [1.165, 1.54) is 0 Å². The summed E-state index contributed by atoms with van der Waals surface area (Å²) in [5.74, 6) is 0.302. The number of hydrogen-bond acceptors (Lipinski definition) is 5. The third-order valence-corrected chi connectivity index (χ3v) is 5.80. The third-order valence-electron chi connectivity index (χ3n) is 4.53. The Morgan fingerprint density at radius 2 is 1.94 bits per heavy atom. The molecule has 0 atom stereocenters. The molecule has 2 heterocycles. The van der Waals surface area contributed by atoms with Gasteiger partial charge in [0.1, 0.15) is 18.9 Å². The second-order valence-electron chi connectivity index (χ2n) is 9.32. The number of benzene rings is 1. The molecular formula is C24H31N3O3S. The van der Waals surface area contributed by atoms with E-state index >= 15 is 0 Å². The molecule has 2 aromatic heterocycles. The number of ether oxygens (including phenoxy) is 1. The van der Waals surface area contributed by atoms with Crippen molar-refractivity contribution in [3.05, 3.63) is 54.0 Å². The number of nitrogens with zero attached hydrogens (tertiary/aromatic N) is 2. The van der Waals surface area contributed by atoms with Crippen molar-refractivity contribution < 1.29 is 14.6 Å². The fourth-order valence-corrected chi connectivity index (χ4v) is 4.61. The van der Waals surface area contributed by atoms with Crippen molar-refractivity contribution in [2.75, 3.05) is 0 Å². The maximum absolute atomic E-state index is 11.9. The monoisotopic (exact) mass is 441 g/mol. The second-order valence-corrected chi connectivity index (χ2v) is 11.2. The molecule has 0 radical (unpaired) electrons. The molecule has 0 aliphatic carbocycles. The molecule has 0 aliphatic rings. The summed E-state index contributed by atoms with van der Waals surface area (Å²) in [6.45, 7) is 10.4. The smallest absolute Gasteiger partial charge is 0.237 e.